The number of nitrogens with zero attached hydrogens (tertiary/aromatic N) is 4. The van der Waals surface area contributed by atoms with Crippen molar-refractivity contribution < 1.29 is 19.2 Å². The molecule has 2 heterocycles. The fourth-order valence-corrected chi connectivity index (χ4v) is 4.53. The third kappa shape index (κ3) is 6.34. The van der Waals surface area contributed by atoms with Gasteiger partial charge in [-0.1, -0.05) is 17.3 Å². The van der Waals surface area contributed by atoms with Gasteiger partial charge in [0.1, 0.15) is 11.8 Å². The first-order valence-corrected chi connectivity index (χ1v) is 12.6. The van der Waals surface area contributed by atoms with Gasteiger partial charge in [0.05, 0.1) is 24.3 Å². The van der Waals surface area contributed by atoms with Crippen molar-refractivity contribution in [1.82, 2.24) is 20.4 Å². The van der Waals surface area contributed by atoms with Crippen LogP contribution in [0.3, 0.4) is 0 Å². The predicted molar refractivity (Wildman–Crippen MR) is 139 cm³/mol. The number of nitrogens with one attached hydrogen (secondary N) is 1. The minimum atomic E-state index is -0.560. The van der Waals surface area contributed by atoms with Crippen LogP contribution < -0.4 is 10.1 Å². The Balaban J connectivity index is 1.51. The summed E-state index contributed by atoms with van der Waals surface area (Å²) >= 11 is 0. The number of nitriles is 1. The Morgan fingerprint density at radius 3 is 2.76 bits per heavy atom. The van der Waals surface area contributed by atoms with Gasteiger partial charge in [-0.25, -0.2) is 0 Å². The summed E-state index contributed by atoms with van der Waals surface area (Å²) in [5.41, 5.74) is 5.58. The largest absolute Gasteiger partial charge is 0.490 e. The van der Waals surface area contributed by atoms with E-state index in [1.165, 1.54) is 11.1 Å². The van der Waals surface area contributed by atoms with Crippen LogP contribution in [-0.2, 0) is 17.6 Å². The lowest BCUT2D eigenvalue weighted by molar-refractivity contribution is -0.122. The monoisotopic (exact) mass is 503 g/mol. The van der Waals surface area contributed by atoms with E-state index in [0.717, 1.165) is 37.1 Å². The number of aliphatic hydroxyl groups is 1. The van der Waals surface area contributed by atoms with Crippen LogP contribution >= 0.6 is 0 Å². The van der Waals surface area contributed by atoms with E-state index in [-0.39, 0.29) is 18.6 Å². The van der Waals surface area contributed by atoms with Crippen molar-refractivity contribution >= 4 is 5.91 Å². The number of fused-ring (bicyclic) bond motifs is 1. The summed E-state index contributed by atoms with van der Waals surface area (Å²) in [6.45, 7) is 9.67. The second-order valence-electron chi connectivity index (χ2n) is 9.72. The summed E-state index contributed by atoms with van der Waals surface area (Å²) in [6.07, 6.45) is 1.06. The number of carbonyl (C=O) groups excluding carboxylic acids is 1. The highest BCUT2D eigenvalue weighted by Crippen LogP contribution is 2.31. The van der Waals surface area contributed by atoms with Gasteiger partial charge < -0.3 is 19.7 Å². The maximum atomic E-state index is 12.2. The number of carbonyl (C=O) groups is 1. The quantitative estimate of drug-likeness (QED) is 0.480. The maximum absolute atomic E-state index is 12.2. The van der Waals surface area contributed by atoms with Gasteiger partial charge >= 0.3 is 0 Å². The fraction of sp³-hybridized carbons (Fsp3) is 0.429. The molecule has 0 spiro atoms. The number of hydrogen-bond acceptors (Lipinski definition) is 8. The van der Waals surface area contributed by atoms with Gasteiger partial charge in [0.25, 0.3) is 5.89 Å². The lowest BCUT2D eigenvalue weighted by atomic mass is 9.93. The highest BCUT2D eigenvalue weighted by Gasteiger charge is 2.21. The minimum Gasteiger partial charge on any atom is -0.490 e. The van der Waals surface area contributed by atoms with Crippen LogP contribution in [0.15, 0.2) is 34.9 Å². The van der Waals surface area contributed by atoms with E-state index in [9.17, 15) is 15.2 Å². The topological polar surface area (TPSA) is 125 Å². The molecule has 1 atom stereocenters. The molecule has 0 saturated heterocycles. The molecule has 0 saturated carbocycles. The Bertz CT molecular complexity index is 1310. The first-order valence-electron chi connectivity index (χ1n) is 12.6. The SMILES string of the molecule is Cc1c(-c2noc(-c3ccc(OC(C)C)c(C#N)c3)n2)ccc2c1CCN(CC(=O)NCC(C)O)CC2. The molecule has 194 valence electrons. The van der Waals surface area contributed by atoms with Gasteiger partial charge in [-0.2, -0.15) is 10.2 Å². The van der Waals surface area contributed by atoms with Crippen LogP contribution in [0.25, 0.3) is 22.8 Å². The number of aromatic nitrogens is 2. The minimum absolute atomic E-state index is 0.0385. The Labute approximate surface area is 217 Å². The number of rotatable bonds is 8. The van der Waals surface area contributed by atoms with E-state index in [0.29, 0.717) is 35.1 Å². The molecule has 9 nitrogen and oxygen atoms in total. The molecule has 0 aliphatic carbocycles. The molecule has 0 radical (unpaired) electrons. The van der Waals surface area contributed by atoms with Crippen LogP contribution in [0.4, 0.5) is 0 Å². The van der Waals surface area contributed by atoms with E-state index in [4.69, 9.17) is 9.26 Å². The third-order valence-corrected chi connectivity index (χ3v) is 6.41. The van der Waals surface area contributed by atoms with Crippen molar-refractivity contribution in [2.24, 2.45) is 0 Å². The average molecular weight is 504 g/mol. The lowest BCUT2D eigenvalue weighted by Gasteiger charge is -2.19. The fourth-order valence-electron chi connectivity index (χ4n) is 4.53. The zero-order valence-corrected chi connectivity index (χ0v) is 21.7. The van der Waals surface area contributed by atoms with E-state index in [2.05, 4.69) is 39.4 Å². The van der Waals surface area contributed by atoms with Crippen LogP contribution in [-0.4, -0.2) is 64.4 Å². The van der Waals surface area contributed by atoms with Crippen molar-refractivity contribution in [2.75, 3.05) is 26.2 Å². The van der Waals surface area contributed by atoms with E-state index >= 15 is 0 Å². The van der Waals surface area contributed by atoms with Gasteiger partial charge in [0.2, 0.25) is 11.7 Å². The zero-order valence-electron chi connectivity index (χ0n) is 21.7. The second kappa shape index (κ2) is 11.5. The van der Waals surface area contributed by atoms with Gasteiger partial charge in [0, 0.05) is 30.8 Å². The Morgan fingerprint density at radius 1 is 1.24 bits per heavy atom. The van der Waals surface area contributed by atoms with E-state index in [1.807, 2.05) is 26.0 Å². The number of ether oxygens (including phenoxy) is 1. The molecule has 0 fully saturated rings. The van der Waals surface area contributed by atoms with Gasteiger partial charge in [0.15, 0.2) is 0 Å². The third-order valence-electron chi connectivity index (χ3n) is 6.41. The molecule has 37 heavy (non-hydrogen) atoms. The van der Waals surface area contributed by atoms with Crippen molar-refractivity contribution in [3.8, 4) is 34.7 Å². The van der Waals surface area contributed by atoms with Crippen LogP contribution in [0.1, 0.15) is 43.0 Å². The first kappa shape index (κ1) is 26.3. The van der Waals surface area contributed by atoms with Crippen LogP contribution in [0.2, 0.25) is 0 Å². The molecule has 1 aromatic heterocycles. The Kier molecular flexibility index (Phi) is 8.21. The van der Waals surface area contributed by atoms with Crippen molar-refractivity contribution in [2.45, 2.75) is 52.7 Å². The molecular weight excluding hydrogens is 470 g/mol. The molecule has 1 aliphatic rings. The standard InChI is InChI=1S/C28H33N5O4/c1-17(2)36-25-8-6-21(13-22(25)14-29)28-31-27(32-37-28)24-7-5-20-9-11-33(12-10-23(20)19(24)4)16-26(35)30-15-18(3)34/h5-8,13,17-18,34H,9-12,15-16H2,1-4H3,(H,30,35). The zero-order chi connectivity index (χ0) is 26.5. The number of aliphatic hydroxyl groups excluding tert-OH is 1. The average Bonchev–Trinajstić information content (AvgIpc) is 3.25. The predicted octanol–water partition coefficient (Wildman–Crippen LogP) is 3.27. The van der Waals surface area contributed by atoms with E-state index < -0.39 is 6.10 Å². The molecule has 1 amide bonds. The summed E-state index contributed by atoms with van der Waals surface area (Å²) in [5.74, 6) is 1.28. The second-order valence-corrected chi connectivity index (χ2v) is 9.72. The smallest absolute Gasteiger partial charge is 0.258 e. The van der Waals surface area contributed by atoms with Crippen molar-refractivity contribution in [1.29, 1.82) is 5.26 Å². The molecule has 3 aromatic rings. The van der Waals surface area contributed by atoms with Crippen LogP contribution in [0, 0.1) is 18.3 Å². The molecule has 9 heteroatoms. The molecule has 0 bridgehead atoms. The lowest BCUT2D eigenvalue weighted by Crippen LogP contribution is -2.40. The molecule has 1 unspecified atom stereocenters. The Hall–Kier alpha value is -3.74. The molecular formula is C28H33N5O4. The number of benzene rings is 2. The van der Waals surface area contributed by atoms with Gasteiger partial charge in [-0.15, -0.1) is 0 Å². The molecule has 2 N–H and O–H groups in total. The summed E-state index contributed by atoms with van der Waals surface area (Å²) in [4.78, 5) is 19.0. The summed E-state index contributed by atoms with van der Waals surface area (Å²) in [6, 6.07) is 11.6. The van der Waals surface area contributed by atoms with Crippen LogP contribution in [0.5, 0.6) is 5.75 Å². The van der Waals surface area contributed by atoms with Gasteiger partial charge in [-0.05, 0) is 75.4 Å². The Morgan fingerprint density at radius 2 is 2.03 bits per heavy atom. The highest BCUT2D eigenvalue weighted by molar-refractivity contribution is 5.78. The summed E-state index contributed by atoms with van der Waals surface area (Å²) in [7, 11) is 0. The summed E-state index contributed by atoms with van der Waals surface area (Å²) < 4.78 is 11.3. The van der Waals surface area contributed by atoms with Crippen molar-refractivity contribution in [3.05, 3.63) is 52.6 Å². The maximum Gasteiger partial charge on any atom is 0.258 e. The number of hydrogen-bond donors (Lipinski definition) is 2. The van der Waals surface area contributed by atoms with E-state index in [1.54, 1.807) is 19.1 Å². The molecule has 2 aromatic carbocycles. The first-order chi connectivity index (χ1) is 17.7. The molecule has 4 rings (SSSR count). The number of amides is 1. The van der Waals surface area contributed by atoms with Crippen molar-refractivity contribution in [3.63, 3.8) is 0 Å². The normalized spacial score (nSPS) is 14.5. The highest BCUT2D eigenvalue weighted by atomic mass is 16.5. The van der Waals surface area contributed by atoms with Gasteiger partial charge in [-0.3, -0.25) is 9.69 Å². The molecule has 1 aliphatic heterocycles. The summed E-state index contributed by atoms with van der Waals surface area (Å²) in [5, 5.41) is 25.9.